The fourth-order valence-electron chi connectivity index (χ4n) is 4.47. The number of benzene rings is 2. The molecule has 0 bridgehead atoms. The second-order valence-electron chi connectivity index (χ2n) is 9.23. The molecule has 0 saturated carbocycles. The van der Waals surface area contributed by atoms with E-state index in [9.17, 15) is 22.8 Å². The first-order valence-electron chi connectivity index (χ1n) is 12.9. The van der Waals surface area contributed by atoms with Crippen molar-refractivity contribution < 1.29 is 27.2 Å². The lowest BCUT2D eigenvalue weighted by Gasteiger charge is -2.34. The molecule has 0 unspecified atom stereocenters. The second kappa shape index (κ2) is 13.9. The van der Waals surface area contributed by atoms with Gasteiger partial charge in [0.05, 0.1) is 17.6 Å². The normalized spacial score (nSPS) is 15.8. The van der Waals surface area contributed by atoms with E-state index in [0.717, 1.165) is 25.0 Å². The molecule has 1 heterocycles. The maximum atomic E-state index is 15.2. The Bertz CT molecular complexity index is 1140. The van der Waals surface area contributed by atoms with Crippen LogP contribution < -0.4 is 21.1 Å². The topological polar surface area (TPSA) is 89.1 Å². The molecule has 1 aliphatic rings. The van der Waals surface area contributed by atoms with E-state index < -0.39 is 29.5 Å². The molecule has 1 fully saturated rings. The Hall–Kier alpha value is -3.67. The van der Waals surface area contributed by atoms with Gasteiger partial charge in [0, 0.05) is 32.4 Å². The number of aliphatic imine (C=N–C) groups is 1. The van der Waals surface area contributed by atoms with E-state index in [4.69, 9.17) is 0 Å². The molecular weight excluding hydrogens is 516 g/mol. The number of piperidine rings is 1. The standard InChI is InChI=1S/C27H34F4N6O2/c1-3-13-36(17-19-7-9-20(10-8-19)27(29,30)31)23-12-11-21(15-22(23)28)35-26(39)24-6-4-5-14-37(24)25(38)16-33-18-34-32-2/h7-12,15,18,24,32H,3-6,13-14,16-17H2,1-2H3,(H,33,34)(H,35,39)/t24-/m1/s1. The number of carbonyl (C=O) groups is 2. The molecule has 0 aromatic heterocycles. The summed E-state index contributed by atoms with van der Waals surface area (Å²) >= 11 is 0. The molecule has 3 rings (SSSR count). The monoisotopic (exact) mass is 550 g/mol. The van der Waals surface area contributed by atoms with Gasteiger partial charge in [-0.1, -0.05) is 19.1 Å². The number of nitrogens with one attached hydrogen (secondary N) is 3. The highest BCUT2D eigenvalue weighted by Crippen LogP contribution is 2.30. The molecule has 212 valence electrons. The van der Waals surface area contributed by atoms with E-state index in [1.54, 1.807) is 18.0 Å². The number of alkyl halides is 3. The molecule has 0 spiro atoms. The van der Waals surface area contributed by atoms with Crippen LogP contribution in [0.3, 0.4) is 0 Å². The van der Waals surface area contributed by atoms with Crippen LogP contribution in [0.15, 0.2) is 47.5 Å². The minimum Gasteiger partial charge on any atom is -0.365 e. The maximum Gasteiger partial charge on any atom is 0.416 e. The number of hydrogen-bond donors (Lipinski definition) is 3. The third kappa shape index (κ3) is 8.41. The highest BCUT2D eigenvalue weighted by atomic mass is 19.4. The van der Waals surface area contributed by atoms with Crippen LogP contribution in [0.25, 0.3) is 0 Å². The van der Waals surface area contributed by atoms with Crippen molar-refractivity contribution in [1.29, 1.82) is 0 Å². The summed E-state index contributed by atoms with van der Waals surface area (Å²) in [7, 11) is 1.66. The van der Waals surface area contributed by atoms with Gasteiger partial charge in [-0.2, -0.15) is 13.2 Å². The van der Waals surface area contributed by atoms with Gasteiger partial charge in [-0.05, 0) is 61.6 Å². The maximum absolute atomic E-state index is 15.2. The molecular formula is C27H34F4N6O2. The van der Waals surface area contributed by atoms with Crippen LogP contribution in [0.4, 0.5) is 28.9 Å². The summed E-state index contributed by atoms with van der Waals surface area (Å²) in [6.45, 7) is 2.96. The molecule has 2 aromatic carbocycles. The van der Waals surface area contributed by atoms with Crippen LogP contribution in [0.5, 0.6) is 0 Å². The fraction of sp³-hybridized carbons (Fsp3) is 0.444. The van der Waals surface area contributed by atoms with E-state index in [2.05, 4.69) is 21.2 Å². The van der Waals surface area contributed by atoms with Crippen molar-refractivity contribution >= 4 is 29.5 Å². The van der Waals surface area contributed by atoms with Crippen molar-refractivity contribution in [3.63, 3.8) is 0 Å². The molecule has 1 saturated heterocycles. The van der Waals surface area contributed by atoms with Crippen molar-refractivity contribution in [2.45, 2.75) is 51.4 Å². The van der Waals surface area contributed by atoms with Crippen molar-refractivity contribution in [1.82, 2.24) is 15.8 Å². The summed E-state index contributed by atoms with van der Waals surface area (Å²) in [4.78, 5) is 32.9. The summed E-state index contributed by atoms with van der Waals surface area (Å²) in [6.07, 6.45) is -0.305. The molecule has 1 aliphatic heterocycles. The first-order chi connectivity index (χ1) is 18.6. The lowest BCUT2D eigenvalue weighted by molar-refractivity contribution is -0.139. The molecule has 12 heteroatoms. The molecule has 2 aromatic rings. The average molecular weight is 551 g/mol. The van der Waals surface area contributed by atoms with Gasteiger partial charge in [0.2, 0.25) is 11.8 Å². The van der Waals surface area contributed by atoms with Gasteiger partial charge in [0.1, 0.15) is 18.4 Å². The summed E-state index contributed by atoms with van der Waals surface area (Å²) in [6, 6.07) is 8.45. The summed E-state index contributed by atoms with van der Waals surface area (Å²) in [5.74, 6) is -1.25. The van der Waals surface area contributed by atoms with Crippen LogP contribution in [0.2, 0.25) is 0 Å². The second-order valence-corrected chi connectivity index (χ2v) is 9.23. The van der Waals surface area contributed by atoms with E-state index in [1.807, 2.05) is 6.92 Å². The van der Waals surface area contributed by atoms with E-state index in [-0.39, 0.29) is 30.4 Å². The zero-order valence-corrected chi connectivity index (χ0v) is 22.0. The zero-order valence-electron chi connectivity index (χ0n) is 22.0. The van der Waals surface area contributed by atoms with Gasteiger partial charge in [0.25, 0.3) is 0 Å². The van der Waals surface area contributed by atoms with E-state index in [0.29, 0.717) is 31.5 Å². The minimum atomic E-state index is -4.42. The molecule has 8 nitrogen and oxygen atoms in total. The lowest BCUT2D eigenvalue weighted by Crippen LogP contribution is -2.50. The Balaban J connectivity index is 1.69. The number of carbonyl (C=O) groups excluding carboxylic acids is 2. The first kappa shape index (κ1) is 29.9. The van der Waals surface area contributed by atoms with Gasteiger partial charge < -0.3 is 20.5 Å². The largest absolute Gasteiger partial charge is 0.416 e. The third-order valence-corrected chi connectivity index (χ3v) is 6.36. The third-order valence-electron chi connectivity index (χ3n) is 6.36. The number of amides is 2. The molecule has 3 N–H and O–H groups in total. The molecule has 1 atom stereocenters. The highest BCUT2D eigenvalue weighted by molar-refractivity contribution is 5.97. The molecule has 39 heavy (non-hydrogen) atoms. The number of hydrazine groups is 1. The van der Waals surface area contributed by atoms with Gasteiger partial charge in [-0.15, -0.1) is 0 Å². The van der Waals surface area contributed by atoms with Crippen molar-refractivity contribution in [2.75, 3.05) is 36.9 Å². The van der Waals surface area contributed by atoms with Gasteiger partial charge >= 0.3 is 6.18 Å². The summed E-state index contributed by atoms with van der Waals surface area (Å²) < 4.78 is 53.9. The van der Waals surface area contributed by atoms with Crippen LogP contribution in [-0.4, -0.2) is 55.8 Å². The van der Waals surface area contributed by atoms with Crippen LogP contribution >= 0.6 is 0 Å². The van der Waals surface area contributed by atoms with Crippen molar-refractivity contribution in [3.8, 4) is 0 Å². The van der Waals surface area contributed by atoms with Crippen molar-refractivity contribution in [2.24, 2.45) is 4.99 Å². The van der Waals surface area contributed by atoms with Gasteiger partial charge in [-0.25, -0.2) is 9.82 Å². The Morgan fingerprint density at radius 1 is 1.15 bits per heavy atom. The molecule has 2 amide bonds. The number of rotatable bonds is 11. The van der Waals surface area contributed by atoms with Crippen LogP contribution in [-0.2, 0) is 22.3 Å². The zero-order chi connectivity index (χ0) is 28.4. The highest BCUT2D eigenvalue weighted by Gasteiger charge is 2.32. The van der Waals surface area contributed by atoms with E-state index in [1.165, 1.54) is 35.5 Å². The summed E-state index contributed by atoms with van der Waals surface area (Å²) in [5.41, 5.74) is 5.70. The van der Waals surface area contributed by atoms with E-state index >= 15 is 4.39 Å². The fourth-order valence-corrected chi connectivity index (χ4v) is 4.47. The number of hydrogen-bond acceptors (Lipinski definition) is 5. The number of halogens is 4. The summed E-state index contributed by atoms with van der Waals surface area (Å²) in [5, 5.41) is 2.72. The van der Waals surface area contributed by atoms with Gasteiger partial charge in [0.15, 0.2) is 0 Å². The predicted octanol–water partition coefficient (Wildman–Crippen LogP) is 4.33. The van der Waals surface area contributed by atoms with Crippen LogP contribution in [0, 0.1) is 5.82 Å². The lowest BCUT2D eigenvalue weighted by atomic mass is 10.0. The molecule has 0 aliphatic carbocycles. The van der Waals surface area contributed by atoms with Gasteiger partial charge in [-0.3, -0.25) is 14.6 Å². The Kier molecular flexibility index (Phi) is 10.7. The average Bonchev–Trinajstić information content (AvgIpc) is 2.91. The predicted molar refractivity (Wildman–Crippen MR) is 143 cm³/mol. The Morgan fingerprint density at radius 3 is 2.54 bits per heavy atom. The Labute approximate surface area is 225 Å². The van der Waals surface area contributed by atoms with Crippen molar-refractivity contribution in [3.05, 3.63) is 59.4 Å². The molecule has 0 radical (unpaired) electrons. The number of anilines is 2. The number of nitrogens with zero attached hydrogens (tertiary/aromatic N) is 3. The first-order valence-corrected chi connectivity index (χ1v) is 12.9. The Morgan fingerprint density at radius 2 is 1.90 bits per heavy atom. The SMILES string of the molecule is CCCN(Cc1ccc(C(F)(F)F)cc1)c1ccc(NC(=O)[C@H]2CCCCN2C(=O)CN=CNNC)cc1F. The van der Waals surface area contributed by atoms with Crippen LogP contribution in [0.1, 0.15) is 43.7 Å². The number of likely N-dealkylation sites (tertiary alicyclic amines) is 1. The minimum absolute atomic E-state index is 0.103. The smallest absolute Gasteiger partial charge is 0.365 e. The quantitative estimate of drug-likeness (QED) is 0.168.